The summed E-state index contributed by atoms with van der Waals surface area (Å²) in [6.07, 6.45) is -3.13. The van der Waals surface area contributed by atoms with Crippen LogP contribution in [0.1, 0.15) is 35.1 Å². The number of ketones is 1. The van der Waals surface area contributed by atoms with E-state index in [1.807, 2.05) is 59.5 Å². The number of ether oxygens (including phenoxy) is 1. The van der Waals surface area contributed by atoms with E-state index in [1.165, 1.54) is 0 Å². The third-order valence-electron chi connectivity index (χ3n) is 7.71. The number of alkyl halides is 3. The second-order valence-electron chi connectivity index (χ2n) is 10.6. The van der Waals surface area contributed by atoms with E-state index in [0.29, 0.717) is 18.8 Å². The molecule has 2 aromatic carbocycles. The highest BCUT2D eigenvalue weighted by atomic mass is 19.4. The lowest BCUT2D eigenvalue weighted by atomic mass is 9.96. The third kappa shape index (κ3) is 5.02. The number of carbonyl (C=O) groups is 1. The first-order valence-corrected chi connectivity index (χ1v) is 13.6. The molecule has 3 atom stereocenters. The fourth-order valence-electron chi connectivity index (χ4n) is 5.72. The number of rotatable bonds is 5. The number of hydrogen-bond acceptors (Lipinski definition) is 9. The number of halogens is 3. The van der Waals surface area contributed by atoms with Crippen LogP contribution in [0.3, 0.4) is 0 Å². The summed E-state index contributed by atoms with van der Waals surface area (Å²) in [5.41, 5.74) is 2.68. The van der Waals surface area contributed by atoms with Gasteiger partial charge in [-0.15, -0.1) is 5.10 Å². The van der Waals surface area contributed by atoms with Gasteiger partial charge < -0.3 is 19.4 Å². The molecule has 2 saturated heterocycles. The number of nitrogens with one attached hydrogen (secondary N) is 1. The Morgan fingerprint density at radius 3 is 2.45 bits per heavy atom. The third-order valence-corrected chi connectivity index (χ3v) is 7.71. The molecule has 2 bridgehead atoms. The minimum atomic E-state index is -4.57. The van der Waals surface area contributed by atoms with Crippen molar-refractivity contribution in [2.24, 2.45) is 4.99 Å². The summed E-state index contributed by atoms with van der Waals surface area (Å²) in [5, 5.41) is 11.1. The Bertz CT molecular complexity index is 1660. The number of carbonyl (C=O) groups excluding carboxylic acids is 1. The minimum absolute atomic E-state index is 0.0619. The monoisotopic (exact) mass is 574 g/mol. The average molecular weight is 575 g/mol. The van der Waals surface area contributed by atoms with Crippen LogP contribution in [0.15, 0.2) is 76.3 Å². The Labute approximate surface area is 238 Å². The van der Waals surface area contributed by atoms with Gasteiger partial charge in [-0.3, -0.25) is 9.79 Å². The van der Waals surface area contributed by atoms with Crippen LogP contribution in [0.5, 0.6) is 0 Å². The van der Waals surface area contributed by atoms with E-state index in [4.69, 9.17) is 14.1 Å². The van der Waals surface area contributed by atoms with Gasteiger partial charge in [0.2, 0.25) is 0 Å². The molecular formula is C30H25F3N6O3. The topological polar surface area (TPSA) is 106 Å². The number of pyridine rings is 1. The molecule has 42 heavy (non-hydrogen) atoms. The van der Waals surface area contributed by atoms with Crippen molar-refractivity contribution in [2.75, 3.05) is 23.3 Å². The van der Waals surface area contributed by atoms with E-state index >= 15 is 0 Å². The average Bonchev–Trinajstić information content (AvgIpc) is 3.56. The number of aliphatic imine (C=N–C) groups is 1. The number of nitrogens with zero attached hydrogens (tertiary/aromatic N) is 5. The Morgan fingerprint density at radius 2 is 1.69 bits per heavy atom. The molecule has 2 fully saturated rings. The molecule has 7 rings (SSSR count). The van der Waals surface area contributed by atoms with Gasteiger partial charge in [0.25, 0.3) is 5.89 Å². The van der Waals surface area contributed by atoms with Gasteiger partial charge in [-0.1, -0.05) is 59.7 Å². The first kappa shape index (κ1) is 26.3. The molecule has 0 saturated carbocycles. The van der Waals surface area contributed by atoms with Crippen molar-refractivity contribution in [2.45, 2.75) is 43.8 Å². The van der Waals surface area contributed by atoms with Crippen molar-refractivity contribution in [1.29, 1.82) is 0 Å². The minimum Gasteiger partial charge on any atom is -0.402 e. The number of fused-ring (bicyclic) bond motifs is 3. The van der Waals surface area contributed by atoms with E-state index in [0.717, 1.165) is 41.8 Å². The Kier molecular flexibility index (Phi) is 6.49. The lowest BCUT2D eigenvalue weighted by Gasteiger charge is -2.34. The molecular weight excluding hydrogens is 549 g/mol. The van der Waals surface area contributed by atoms with Gasteiger partial charge >= 0.3 is 12.2 Å². The zero-order chi connectivity index (χ0) is 28.8. The van der Waals surface area contributed by atoms with Crippen LogP contribution in [-0.2, 0) is 22.1 Å². The zero-order valence-corrected chi connectivity index (χ0v) is 22.2. The normalized spacial score (nSPS) is 22.0. The quantitative estimate of drug-likeness (QED) is 0.358. The molecule has 0 amide bonds. The molecule has 1 N–H and O–H groups in total. The Morgan fingerprint density at radius 1 is 0.952 bits per heavy atom. The van der Waals surface area contributed by atoms with Gasteiger partial charge in [-0.2, -0.15) is 13.2 Å². The molecule has 4 aromatic rings. The first-order chi connectivity index (χ1) is 20.3. The summed E-state index contributed by atoms with van der Waals surface area (Å²) < 4.78 is 52.6. The maximum atomic E-state index is 13.6. The molecule has 0 aliphatic carbocycles. The number of Topliss-reactive ketones (excluding diaryl/α,β-unsaturated/α-hetero) is 1. The summed E-state index contributed by atoms with van der Waals surface area (Å²) in [6.45, 7) is 0.861. The van der Waals surface area contributed by atoms with Gasteiger partial charge in [0.1, 0.15) is 0 Å². The van der Waals surface area contributed by atoms with Gasteiger partial charge in [0.15, 0.2) is 17.6 Å². The number of morpholine rings is 1. The summed E-state index contributed by atoms with van der Waals surface area (Å²) in [7, 11) is 0. The van der Waals surface area contributed by atoms with E-state index in [2.05, 4.69) is 20.5 Å². The molecule has 0 spiro atoms. The molecule has 2 aromatic heterocycles. The molecule has 3 aliphatic rings. The zero-order valence-electron chi connectivity index (χ0n) is 22.2. The Balaban J connectivity index is 1.22. The summed E-state index contributed by atoms with van der Waals surface area (Å²) in [4.78, 5) is 24.0. The van der Waals surface area contributed by atoms with Crippen molar-refractivity contribution >= 4 is 23.2 Å². The maximum Gasteiger partial charge on any atom is 0.417 e. The molecule has 9 nitrogen and oxygen atoms in total. The van der Waals surface area contributed by atoms with Crippen LogP contribution in [-0.4, -0.2) is 58.1 Å². The lowest BCUT2D eigenvalue weighted by molar-refractivity contribution is -0.137. The van der Waals surface area contributed by atoms with Gasteiger partial charge in [-0.25, -0.2) is 4.98 Å². The number of anilines is 2. The molecule has 0 radical (unpaired) electrons. The number of benzene rings is 2. The van der Waals surface area contributed by atoms with Crippen LogP contribution in [0, 0.1) is 0 Å². The molecule has 12 heteroatoms. The van der Waals surface area contributed by atoms with E-state index in [-0.39, 0.29) is 47.7 Å². The van der Waals surface area contributed by atoms with Crippen molar-refractivity contribution < 1.29 is 27.1 Å². The van der Waals surface area contributed by atoms with Gasteiger partial charge in [-0.05, 0) is 24.5 Å². The van der Waals surface area contributed by atoms with Crippen LogP contribution in [0.4, 0.5) is 24.9 Å². The molecule has 3 aliphatic heterocycles. The Hall–Kier alpha value is -4.58. The number of hydrogen-bond donors (Lipinski definition) is 1. The SMILES string of the molecule is O=C1Cc2ccccc2C(c2ccccc2)=N[C@@H]1Nc1nnc(-c2ncc(C(F)(F)F)cc2N2CC3CCC(C2)O3)o1. The van der Waals surface area contributed by atoms with Gasteiger partial charge in [0.05, 0.1) is 29.2 Å². The highest BCUT2D eigenvalue weighted by Crippen LogP contribution is 2.38. The van der Waals surface area contributed by atoms with Crippen molar-refractivity contribution in [3.05, 3.63) is 89.1 Å². The van der Waals surface area contributed by atoms with Crippen LogP contribution < -0.4 is 10.2 Å². The second-order valence-corrected chi connectivity index (χ2v) is 10.6. The molecule has 214 valence electrons. The summed E-state index contributed by atoms with van der Waals surface area (Å²) >= 11 is 0. The van der Waals surface area contributed by atoms with Crippen LogP contribution >= 0.6 is 0 Å². The molecule has 2 unspecified atom stereocenters. The van der Waals surface area contributed by atoms with Crippen molar-refractivity contribution in [1.82, 2.24) is 15.2 Å². The van der Waals surface area contributed by atoms with Crippen molar-refractivity contribution in [3.8, 4) is 11.6 Å². The predicted octanol–water partition coefficient (Wildman–Crippen LogP) is 4.92. The number of aromatic nitrogens is 3. The lowest BCUT2D eigenvalue weighted by Crippen LogP contribution is -2.43. The van der Waals surface area contributed by atoms with E-state index in [9.17, 15) is 18.0 Å². The van der Waals surface area contributed by atoms with E-state index < -0.39 is 17.9 Å². The maximum absolute atomic E-state index is 13.6. The molecule has 5 heterocycles. The smallest absolute Gasteiger partial charge is 0.402 e. The highest BCUT2D eigenvalue weighted by Gasteiger charge is 2.38. The van der Waals surface area contributed by atoms with Gasteiger partial charge in [0, 0.05) is 36.8 Å². The second kappa shape index (κ2) is 10.4. The predicted molar refractivity (Wildman–Crippen MR) is 147 cm³/mol. The standard InChI is InChI=1S/C30H25F3N6O3/c31-30(32,33)19-13-23(39-15-20-10-11-21(16-39)41-20)26(34-14-19)28-37-38-29(42-28)36-27-24(40)12-18-8-4-5-9-22(18)25(35-27)17-6-2-1-3-7-17/h1-9,13-14,20-21,27H,10-12,15-16H2,(H,36,38)/t20?,21?,27-/m1/s1. The van der Waals surface area contributed by atoms with Crippen LogP contribution in [0.2, 0.25) is 0 Å². The summed E-state index contributed by atoms with van der Waals surface area (Å²) in [5.74, 6) is -0.276. The summed E-state index contributed by atoms with van der Waals surface area (Å²) in [6, 6.07) is 18.1. The largest absolute Gasteiger partial charge is 0.417 e. The van der Waals surface area contributed by atoms with Crippen molar-refractivity contribution in [3.63, 3.8) is 0 Å². The fourth-order valence-corrected chi connectivity index (χ4v) is 5.72. The van der Waals surface area contributed by atoms with Crippen LogP contribution in [0.25, 0.3) is 11.6 Å². The fraction of sp³-hybridized carbons (Fsp3) is 0.300. The highest BCUT2D eigenvalue weighted by molar-refractivity contribution is 6.16. The van der Waals surface area contributed by atoms with E-state index in [1.54, 1.807) is 0 Å². The first-order valence-electron chi connectivity index (χ1n) is 13.6.